The van der Waals surface area contributed by atoms with E-state index in [1.165, 1.54) is 31.8 Å². The van der Waals surface area contributed by atoms with Crippen LogP contribution in [0.15, 0.2) is 77.8 Å². The number of pyridine rings is 1. The average Bonchev–Trinajstić information content (AvgIpc) is 3.41. The largest absolute Gasteiger partial charge is 0.345 e. The van der Waals surface area contributed by atoms with Gasteiger partial charge in [-0.05, 0) is 40.1 Å². The molecule has 0 fully saturated rings. The predicted molar refractivity (Wildman–Crippen MR) is 108 cm³/mol. The Hall–Kier alpha value is -2.69. The molecule has 0 unspecified atom stereocenters. The molecule has 4 heteroatoms. The molecule has 5 aromatic rings. The number of rotatable bonds is 3. The van der Waals surface area contributed by atoms with Crippen LogP contribution in [-0.2, 0) is 0 Å². The molecule has 0 radical (unpaired) electrons. The molecule has 0 saturated carbocycles. The topological polar surface area (TPSA) is 28.7 Å². The van der Waals surface area contributed by atoms with Crippen LogP contribution in [-0.4, -0.2) is 9.97 Å². The summed E-state index contributed by atoms with van der Waals surface area (Å²) < 4.78 is 0. The van der Waals surface area contributed by atoms with E-state index in [2.05, 4.69) is 75.3 Å². The van der Waals surface area contributed by atoms with Gasteiger partial charge in [-0.1, -0.05) is 36.4 Å². The molecule has 1 aromatic carbocycles. The van der Waals surface area contributed by atoms with Crippen LogP contribution in [0, 0.1) is 0 Å². The van der Waals surface area contributed by atoms with Crippen molar-refractivity contribution >= 4 is 33.7 Å². The lowest BCUT2D eigenvalue weighted by Crippen LogP contribution is -1.83. The summed E-state index contributed by atoms with van der Waals surface area (Å²) in [5.41, 5.74) is 5.74. The highest BCUT2D eigenvalue weighted by Gasteiger charge is 2.10. The third-order valence-electron chi connectivity index (χ3n) is 4.34. The highest BCUT2D eigenvalue weighted by molar-refractivity contribution is 7.13. The van der Waals surface area contributed by atoms with Gasteiger partial charge in [0.2, 0.25) is 0 Å². The number of hydrogen-bond acceptors (Lipinski definition) is 3. The molecule has 4 aromatic heterocycles. The molecule has 1 N–H and O–H groups in total. The summed E-state index contributed by atoms with van der Waals surface area (Å²) >= 11 is 3.52. The number of nitrogens with zero attached hydrogens (tertiary/aromatic N) is 1. The Morgan fingerprint density at radius 3 is 2.20 bits per heavy atom. The number of thiophene rings is 2. The van der Waals surface area contributed by atoms with Crippen LogP contribution < -0.4 is 0 Å². The minimum Gasteiger partial charge on any atom is -0.345 e. The van der Waals surface area contributed by atoms with E-state index in [4.69, 9.17) is 0 Å². The Morgan fingerprint density at radius 1 is 0.760 bits per heavy atom. The average molecular weight is 358 g/mol. The fourth-order valence-electron chi connectivity index (χ4n) is 3.07. The summed E-state index contributed by atoms with van der Waals surface area (Å²) in [6.45, 7) is 0. The van der Waals surface area contributed by atoms with Crippen LogP contribution in [0.1, 0.15) is 0 Å². The monoisotopic (exact) mass is 358 g/mol. The van der Waals surface area contributed by atoms with Crippen molar-refractivity contribution < 1.29 is 0 Å². The maximum atomic E-state index is 4.61. The van der Waals surface area contributed by atoms with Gasteiger partial charge in [-0.25, -0.2) is 4.98 Å². The Balaban J connectivity index is 1.57. The molecule has 2 nitrogen and oxygen atoms in total. The Bertz CT molecular complexity index is 1120. The van der Waals surface area contributed by atoms with Crippen molar-refractivity contribution in [3.63, 3.8) is 0 Å². The fourth-order valence-corrected chi connectivity index (χ4v) is 4.56. The Labute approximate surface area is 153 Å². The van der Waals surface area contributed by atoms with Gasteiger partial charge in [0, 0.05) is 38.7 Å². The number of nitrogens with one attached hydrogen (secondary N) is 1. The van der Waals surface area contributed by atoms with Crippen LogP contribution in [0.2, 0.25) is 0 Å². The second-order valence-corrected chi connectivity index (χ2v) is 7.75. The van der Waals surface area contributed by atoms with Gasteiger partial charge in [0.25, 0.3) is 0 Å². The van der Waals surface area contributed by atoms with Crippen LogP contribution in [0.25, 0.3) is 43.0 Å². The van der Waals surface area contributed by atoms with E-state index in [-0.39, 0.29) is 0 Å². The molecule has 25 heavy (non-hydrogen) atoms. The molecule has 5 rings (SSSR count). The van der Waals surface area contributed by atoms with Gasteiger partial charge in [-0.2, -0.15) is 0 Å². The molecular formula is C21H14N2S2. The zero-order valence-electron chi connectivity index (χ0n) is 13.3. The number of aromatic amines is 1. The lowest BCUT2D eigenvalue weighted by Gasteiger charge is -2.04. The van der Waals surface area contributed by atoms with Crippen molar-refractivity contribution in [3.05, 3.63) is 77.8 Å². The van der Waals surface area contributed by atoms with Gasteiger partial charge in [0.15, 0.2) is 0 Å². The number of benzene rings is 1. The van der Waals surface area contributed by atoms with Crippen molar-refractivity contribution in [2.24, 2.45) is 0 Å². The fraction of sp³-hybridized carbons (Fsp3) is 0. The lowest BCUT2D eigenvalue weighted by atomic mass is 10.0. The highest BCUT2D eigenvalue weighted by Crippen LogP contribution is 2.34. The minimum atomic E-state index is 0.933. The van der Waals surface area contributed by atoms with Gasteiger partial charge in [-0.3, -0.25) is 0 Å². The second kappa shape index (κ2) is 5.99. The Kier molecular flexibility index (Phi) is 3.51. The van der Waals surface area contributed by atoms with Crippen LogP contribution in [0.3, 0.4) is 0 Å². The second-order valence-electron chi connectivity index (χ2n) is 5.85. The van der Waals surface area contributed by atoms with Gasteiger partial charge in [-0.15, -0.1) is 22.7 Å². The summed E-state index contributed by atoms with van der Waals surface area (Å²) in [5.74, 6) is 0. The van der Waals surface area contributed by atoms with E-state index in [1.807, 2.05) is 12.4 Å². The first-order valence-electron chi connectivity index (χ1n) is 8.04. The summed E-state index contributed by atoms with van der Waals surface area (Å²) in [4.78, 5) is 10.5. The molecule has 0 aliphatic rings. The van der Waals surface area contributed by atoms with Crippen LogP contribution >= 0.6 is 22.7 Å². The highest BCUT2D eigenvalue weighted by atomic mass is 32.1. The van der Waals surface area contributed by atoms with E-state index < -0.39 is 0 Å². The molecule has 0 saturated heterocycles. The molecule has 0 aliphatic heterocycles. The first-order chi connectivity index (χ1) is 12.4. The molecule has 0 aliphatic carbocycles. The molecule has 0 bridgehead atoms. The number of aromatic nitrogens is 2. The molecule has 0 atom stereocenters. The van der Waals surface area contributed by atoms with Gasteiger partial charge < -0.3 is 4.98 Å². The molecule has 120 valence electrons. The molecular weight excluding hydrogens is 344 g/mol. The third kappa shape index (κ3) is 2.60. The summed E-state index contributed by atoms with van der Waals surface area (Å²) in [5, 5.41) is 5.38. The van der Waals surface area contributed by atoms with E-state index in [1.54, 1.807) is 22.7 Å². The summed E-state index contributed by atoms with van der Waals surface area (Å²) in [7, 11) is 0. The maximum absolute atomic E-state index is 4.61. The lowest BCUT2D eigenvalue weighted by molar-refractivity contribution is 1.33. The standard InChI is InChI=1S/C21H14N2S2/c1-3-19(24-9-1)15-7-5-14(6-8-15)16-11-17-18(20-4-2-10-25-20)13-23-21(17)22-12-16/h1-13H,(H,22,23). The SMILES string of the molecule is c1csc(-c2ccc(-c3cnc4[nH]cc(-c5cccs5)c4c3)cc2)c1. The number of fused-ring (bicyclic) bond motifs is 1. The minimum absolute atomic E-state index is 0.933. The van der Waals surface area contributed by atoms with E-state index in [0.29, 0.717) is 0 Å². The first kappa shape index (κ1) is 14.6. The Morgan fingerprint density at radius 2 is 1.48 bits per heavy atom. The van der Waals surface area contributed by atoms with Crippen LogP contribution in [0.5, 0.6) is 0 Å². The van der Waals surface area contributed by atoms with Crippen molar-refractivity contribution in [1.82, 2.24) is 9.97 Å². The number of H-pyrrole nitrogens is 1. The summed E-state index contributed by atoms with van der Waals surface area (Å²) in [6.07, 6.45) is 3.99. The van der Waals surface area contributed by atoms with Crippen LogP contribution in [0.4, 0.5) is 0 Å². The van der Waals surface area contributed by atoms with Crippen molar-refractivity contribution in [2.75, 3.05) is 0 Å². The van der Waals surface area contributed by atoms with Gasteiger partial charge in [0.05, 0.1) is 0 Å². The maximum Gasteiger partial charge on any atom is 0.137 e. The van der Waals surface area contributed by atoms with Gasteiger partial charge in [0.1, 0.15) is 5.65 Å². The normalized spacial score (nSPS) is 11.2. The van der Waals surface area contributed by atoms with Gasteiger partial charge >= 0.3 is 0 Å². The van der Waals surface area contributed by atoms with E-state index in [0.717, 1.165) is 11.2 Å². The van der Waals surface area contributed by atoms with Crippen molar-refractivity contribution in [1.29, 1.82) is 0 Å². The molecule has 4 heterocycles. The zero-order chi connectivity index (χ0) is 16.6. The molecule has 0 amide bonds. The van der Waals surface area contributed by atoms with Crippen molar-refractivity contribution in [2.45, 2.75) is 0 Å². The predicted octanol–water partition coefficient (Wildman–Crippen LogP) is 6.69. The van der Waals surface area contributed by atoms with E-state index in [9.17, 15) is 0 Å². The van der Waals surface area contributed by atoms with Crippen molar-refractivity contribution in [3.8, 4) is 32.0 Å². The zero-order valence-corrected chi connectivity index (χ0v) is 14.9. The molecule has 0 spiro atoms. The third-order valence-corrected chi connectivity index (χ3v) is 6.16. The quantitative estimate of drug-likeness (QED) is 0.382. The van der Waals surface area contributed by atoms with E-state index >= 15 is 0 Å². The summed E-state index contributed by atoms with van der Waals surface area (Å²) in [6, 6.07) is 19.4. The first-order valence-corrected chi connectivity index (χ1v) is 9.80. The smallest absolute Gasteiger partial charge is 0.137 e. The number of hydrogen-bond donors (Lipinski definition) is 1.